The normalized spacial score (nSPS) is 14.0. The van der Waals surface area contributed by atoms with Crippen molar-refractivity contribution in [1.29, 1.82) is 0 Å². The number of aliphatic hydroxyl groups is 1. The molecule has 114 valence electrons. The van der Waals surface area contributed by atoms with Crippen molar-refractivity contribution in [3.8, 4) is 0 Å². The summed E-state index contributed by atoms with van der Waals surface area (Å²) in [7, 11) is 1.56. The minimum Gasteiger partial charge on any atom is -0.476 e. The zero-order valence-electron chi connectivity index (χ0n) is 12.0. The molecule has 7 heteroatoms. The first-order chi connectivity index (χ1) is 9.94. The van der Waals surface area contributed by atoms with Crippen LogP contribution in [0.5, 0.6) is 0 Å². The van der Waals surface area contributed by atoms with Crippen LogP contribution < -0.4 is 5.32 Å². The van der Waals surface area contributed by atoms with Crippen LogP contribution >= 0.6 is 0 Å². The first-order valence-electron chi connectivity index (χ1n) is 6.60. The van der Waals surface area contributed by atoms with Crippen LogP contribution in [-0.2, 0) is 4.74 Å². The summed E-state index contributed by atoms with van der Waals surface area (Å²) in [6.07, 6.45) is 2.08. The summed E-state index contributed by atoms with van der Waals surface area (Å²) in [5, 5.41) is 22.4. The molecule has 0 aliphatic carbocycles. The van der Waals surface area contributed by atoms with Gasteiger partial charge in [0.1, 0.15) is 5.65 Å². The van der Waals surface area contributed by atoms with Crippen molar-refractivity contribution in [2.45, 2.75) is 18.9 Å². The number of imidazole rings is 1. The van der Waals surface area contributed by atoms with Crippen LogP contribution in [0.3, 0.4) is 0 Å². The predicted octanol–water partition coefficient (Wildman–Crippen LogP) is 1.23. The van der Waals surface area contributed by atoms with Gasteiger partial charge < -0.3 is 20.3 Å². The molecule has 0 fully saturated rings. The SMILES string of the molecule is COCCC(C)(O)CNc1nc2ccccn2c1C(=O)O. The summed E-state index contributed by atoms with van der Waals surface area (Å²) in [6, 6.07) is 5.24. The van der Waals surface area contributed by atoms with E-state index in [1.54, 1.807) is 38.4 Å². The van der Waals surface area contributed by atoms with Crippen LogP contribution in [0.2, 0.25) is 0 Å². The number of methoxy groups -OCH3 is 1. The highest BCUT2D eigenvalue weighted by atomic mass is 16.5. The van der Waals surface area contributed by atoms with Crippen LogP contribution in [0.25, 0.3) is 5.65 Å². The summed E-state index contributed by atoms with van der Waals surface area (Å²) in [4.78, 5) is 15.7. The van der Waals surface area contributed by atoms with Gasteiger partial charge in [-0.2, -0.15) is 0 Å². The lowest BCUT2D eigenvalue weighted by atomic mass is 10.0. The lowest BCUT2D eigenvalue weighted by Crippen LogP contribution is -2.35. The van der Waals surface area contributed by atoms with Crippen molar-refractivity contribution in [2.24, 2.45) is 0 Å². The van der Waals surface area contributed by atoms with E-state index in [0.29, 0.717) is 18.7 Å². The Kier molecular flexibility index (Phi) is 4.44. The molecule has 0 bridgehead atoms. The first kappa shape index (κ1) is 15.3. The second-order valence-electron chi connectivity index (χ2n) is 5.14. The van der Waals surface area contributed by atoms with E-state index >= 15 is 0 Å². The maximum Gasteiger partial charge on any atom is 0.356 e. The van der Waals surface area contributed by atoms with Crippen molar-refractivity contribution in [2.75, 3.05) is 25.6 Å². The Labute approximate surface area is 122 Å². The van der Waals surface area contributed by atoms with Gasteiger partial charge in [-0.15, -0.1) is 0 Å². The number of fused-ring (bicyclic) bond motifs is 1. The molecule has 0 amide bonds. The van der Waals surface area contributed by atoms with Crippen molar-refractivity contribution in [1.82, 2.24) is 9.38 Å². The fourth-order valence-corrected chi connectivity index (χ4v) is 2.01. The topological polar surface area (TPSA) is 96.1 Å². The molecule has 2 rings (SSSR count). The van der Waals surface area contributed by atoms with Crippen LogP contribution in [-0.4, -0.2) is 51.4 Å². The molecule has 0 radical (unpaired) electrons. The third-order valence-corrected chi connectivity index (χ3v) is 3.21. The van der Waals surface area contributed by atoms with Crippen molar-refractivity contribution >= 4 is 17.4 Å². The molecule has 0 aliphatic heterocycles. The average molecular weight is 293 g/mol. The Hall–Kier alpha value is -2.12. The largest absolute Gasteiger partial charge is 0.476 e. The summed E-state index contributed by atoms with van der Waals surface area (Å²) in [5.41, 5.74) is -0.427. The van der Waals surface area contributed by atoms with E-state index < -0.39 is 11.6 Å². The lowest BCUT2D eigenvalue weighted by molar-refractivity contribution is 0.0356. The molecule has 0 saturated carbocycles. The van der Waals surface area contributed by atoms with Crippen molar-refractivity contribution < 1.29 is 19.7 Å². The molecule has 2 aromatic heterocycles. The van der Waals surface area contributed by atoms with Gasteiger partial charge in [0, 0.05) is 32.9 Å². The third-order valence-electron chi connectivity index (χ3n) is 3.21. The van der Waals surface area contributed by atoms with Crippen LogP contribution in [0.4, 0.5) is 5.82 Å². The number of ether oxygens (including phenoxy) is 1. The van der Waals surface area contributed by atoms with Crippen LogP contribution in [0, 0.1) is 0 Å². The lowest BCUT2D eigenvalue weighted by Gasteiger charge is -2.23. The van der Waals surface area contributed by atoms with Gasteiger partial charge in [-0.05, 0) is 19.1 Å². The van der Waals surface area contributed by atoms with E-state index in [-0.39, 0.29) is 18.1 Å². The van der Waals surface area contributed by atoms with E-state index in [4.69, 9.17) is 4.74 Å². The minimum absolute atomic E-state index is 0.0492. The molecule has 7 nitrogen and oxygen atoms in total. The third kappa shape index (κ3) is 3.50. The Morgan fingerprint density at radius 1 is 1.52 bits per heavy atom. The average Bonchev–Trinajstić information content (AvgIpc) is 2.81. The molecule has 2 aromatic rings. The zero-order chi connectivity index (χ0) is 15.5. The number of rotatable bonds is 7. The molecule has 21 heavy (non-hydrogen) atoms. The molecule has 0 saturated heterocycles. The number of pyridine rings is 1. The second-order valence-corrected chi connectivity index (χ2v) is 5.14. The van der Waals surface area contributed by atoms with Gasteiger partial charge in [0.2, 0.25) is 0 Å². The number of carboxylic acids is 1. The first-order valence-corrected chi connectivity index (χ1v) is 6.60. The Bertz CT molecular complexity index is 636. The van der Waals surface area contributed by atoms with Gasteiger partial charge in [0.25, 0.3) is 0 Å². The van der Waals surface area contributed by atoms with E-state index in [2.05, 4.69) is 10.3 Å². The molecule has 0 spiro atoms. The number of carbonyl (C=O) groups is 1. The fraction of sp³-hybridized carbons (Fsp3) is 0.429. The monoisotopic (exact) mass is 293 g/mol. The molecule has 1 unspecified atom stereocenters. The Morgan fingerprint density at radius 2 is 2.29 bits per heavy atom. The van der Waals surface area contributed by atoms with Gasteiger partial charge in [0.15, 0.2) is 11.5 Å². The van der Waals surface area contributed by atoms with Gasteiger partial charge >= 0.3 is 5.97 Å². The number of hydrogen-bond donors (Lipinski definition) is 3. The maximum atomic E-state index is 11.4. The Balaban J connectivity index is 2.22. The van der Waals surface area contributed by atoms with Gasteiger partial charge in [0.05, 0.1) is 5.60 Å². The summed E-state index contributed by atoms with van der Waals surface area (Å²) in [6.45, 7) is 2.27. The van der Waals surface area contributed by atoms with Crippen LogP contribution in [0.1, 0.15) is 23.8 Å². The number of aromatic nitrogens is 2. The van der Waals surface area contributed by atoms with Gasteiger partial charge in [-0.1, -0.05) is 6.07 Å². The number of anilines is 1. The van der Waals surface area contributed by atoms with Crippen LogP contribution in [0.15, 0.2) is 24.4 Å². The second kappa shape index (κ2) is 6.11. The molecule has 0 aliphatic rings. The van der Waals surface area contributed by atoms with E-state index in [9.17, 15) is 15.0 Å². The summed E-state index contributed by atoms with van der Waals surface area (Å²) in [5.74, 6) is -0.834. The number of nitrogens with one attached hydrogen (secondary N) is 1. The number of carboxylic acid groups (broad SMARTS) is 1. The minimum atomic E-state index is -1.08. The molecular formula is C14H19N3O4. The quantitative estimate of drug-likeness (QED) is 0.710. The molecule has 0 aromatic carbocycles. The van der Waals surface area contributed by atoms with Gasteiger partial charge in [-0.25, -0.2) is 9.78 Å². The Morgan fingerprint density at radius 3 is 2.95 bits per heavy atom. The zero-order valence-corrected chi connectivity index (χ0v) is 12.0. The predicted molar refractivity (Wildman–Crippen MR) is 77.8 cm³/mol. The van der Waals surface area contributed by atoms with E-state index in [1.807, 2.05) is 0 Å². The summed E-state index contributed by atoms with van der Waals surface area (Å²) < 4.78 is 6.43. The molecule has 3 N–H and O–H groups in total. The number of hydrogen-bond acceptors (Lipinski definition) is 5. The fourth-order valence-electron chi connectivity index (χ4n) is 2.01. The molecule has 2 heterocycles. The standard InChI is InChI=1S/C14H19N3O4/c1-14(20,6-8-21-2)9-15-12-11(13(18)19)17-7-4-3-5-10(17)16-12/h3-5,7,15,20H,6,8-9H2,1-2H3,(H,18,19). The highest BCUT2D eigenvalue weighted by molar-refractivity contribution is 5.92. The molecule has 1 atom stereocenters. The van der Waals surface area contributed by atoms with Gasteiger partial charge in [-0.3, -0.25) is 4.40 Å². The highest BCUT2D eigenvalue weighted by Gasteiger charge is 2.23. The van der Waals surface area contributed by atoms with Crippen molar-refractivity contribution in [3.63, 3.8) is 0 Å². The maximum absolute atomic E-state index is 11.4. The van der Waals surface area contributed by atoms with Crippen molar-refractivity contribution in [3.05, 3.63) is 30.1 Å². The van der Waals surface area contributed by atoms with E-state index in [0.717, 1.165) is 0 Å². The van der Waals surface area contributed by atoms with E-state index in [1.165, 1.54) is 4.40 Å². The smallest absolute Gasteiger partial charge is 0.356 e. The number of aromatic carboxylic acids is 1. The summed E-state index contributed by atoms with van der Waals surface area (Å²) >= 11 is 0. The molecular weight excluding hydrogens is 274 g/mol. The highest BCUT2D eigenvalue weighted by Crippen LogP contribution is 2.19. The number of nitrogens with zero attached hydrogens (tertiary/aromatic N) is 2.